The molecule has 4 rings (SSSR count). The van der Waals surface area contributed by atoms with Crippen LogP contribution in [0.2, 0.25) is 0 Å². The van der Waals surface area contributed by atoms with E-state index in [1.54, 1.807) is 11.3 Å². The number of aromatic nitrogens is 2. The lowest BCUT2D eigenvalue weighted by Crippen LogP contribution is -2.49. The normalized spacial score (nSPS) is 16.5. The van der Waals surface area contributed by atoms with Crippen molar-refractivity contribution in [1.29, 1.82) is 0 Å². The third kappa shape index (κ3) is 5.13. The van der Waals surface area contributed by atoms with Crippen LogP contribution in [0.1, 0.15) is 29.3 Å². The van der Waals surface area contributed by atoms with Crippen molar-refractivity contribution in [3.8, 4) is 11.4 Å². The highest BCUT2D eigenvalue weighted by Crippen LogP contribution is 2.23. The molecular formula is C22H27N5O2S. The molecule has 8 heteroatoms. The molecule has 0 spiro atoms. The van der Waals surface area contributed by atoms with Gasteiger partial charge in [0.2, 0.25) is 17.6 Å². The number of nitrogens with zero attached hydrogens (tertiary/aromatic N) is 4. The van der Waals surface area contributed by atoms with Crippen LogP contribution >= 0.6 is 11.3 Å². The Morgan fingerprint density at radius 3 is 2.67 bits per heavy atom. The molecule has 2 aromatic heterocycles. The maximum absolute atomic E-state index is 12.2. The molecule has 1 amide bonds. The molecule has 1 aliphatic heterocycles. The van der Waals surface area contributed by atoms with Crippen molar-refractivity contribution in [3.63, 3.8) is 0 Å². The van der Waals surface area contributed by atoms with Crippen molar-refractivity contribution in [1.82, 2.24) is 25.3 Å². The van der Waals surface area contributed by atoms with Crippen LogP contribution in [0.15, 0.2) is 46.3 Å². The van der Waals surface area contributed by atoms with Crippen LogP contribution in [0, 0.1) is 6.92 Å². The second-order valence-electron chi connectivity index (χ2n) is 7.67. The molecule has 1 fully saturated rings. The molecule has 0 saturated carbocycles. The summed E-state index contributed by atoms with van der Waals surface area (Å²) in [6.07, 6.45) is 0. The van der Waals surface area contributed by atoms with E-state index in [9.17, 15) is 4.79 Å². The Balaban J connectivity index is 1.25. The highest BCUT2D eigenvalue weighted by Gasteiger charge is 2.26. The molecule has 1 aromatic carbocycles. The Morgan fingerprint density at radius 2 is 1.97 bits per heavy atom. The fraction of sp³-hybridized carbons (Fsp3) is 0.409. The average molecular weight is 426 g/mol. The summed E-state index contributed by atoms with van der Waals surface area (Å²) in [7, 11) is 0. The van der Waals surface area contributed by atoms with Gasteiger partial charge in [-0.2, -0.15) is 4.98 Å². The second-order valence-corrected chi connectivity index (χ2v) is 8.70. The highest BCUT2D eigenvalue weighted by molar-refractivity contribution is 7.09. The van der Waals surface area contributed by atoms with Crippen molar-refractivity contribution < 1.29 is 9.32 Å². The van der Waals surface area contributed by atoms with Crippen molar-refractivity contribution in [2.45, 2.75) is 26.4 Å². The topological polar surface area (TPSA) is 74.5 Å². The van der Waals surface area contributed by atoms with Crippen LogP contribution in [0.5, 0.6) is 0 Å². The third-order valence-electron chi connectivity index (χ3n) is 5.47. The number of carbonyl (C=O) groups excluding carboxylic acids is 1. The number of hydrogen-bond acceptors (Lipinski definition) is 7. The first kappa shape index (κ1) is 20.7. The number of rotatable bonds is 7. The SMILES string of the molecule is Cc1ccc(-c2noc(C(C)N3CCN(CC(=O)NCc4cccs4)CC3)n2)cc1. The van der Waals surface area contributed by atoms with E-state index in [4.69, 9.17) is 4.52 Å². The summed E-state index contributed by atoms with van der Waals surface area (Å²) < 4.78 is 5.54. The van der Waals surface area contributed by atoms with Crippen LogP contribution in [0.4, 0.5) is 0 Å². The fourth-order valence-electron chi connectivity index (χ4n) is 3.55. The van der Waals surface area contributed by atoms with Gasteiger partial charge in [-0.05, 0) is 25.3 Å². The van der Waals surface area contributed by atoms with Crippen molar-refractivity contribution >= 4 is 17.2 Å². The molecule has 1 aliphatic rings. The van der Waals surface area contributed by atoms with E-state index in [0.717, 1.165) is 31.7 Å². The zero-order valence-corrected chi connectivity index (χ0v) is 18.2. The van der Waals surface area contributed by atoms with Gasteiger partial charge in [-0.1, -0.05) is 41.1 Å². The lowest BCUT2D eigenvalue weighted by atomic mass is 10.1. The minimum Gasteiger partial charge on any atom is -0.350 e. The molecule has 0 aliphatic carbocycles. The maximum atomic E-state index is 12.2. The van der Waals surface area contributed by atoms with Crippen LogP contribution in [0.3, 0.4) is 0 Å². The van der Waals surface area contributed by atoms with E-state index in [1.807, 2.05) is 41.8 Å². The van der Waals surface area contributed by atoms with Crippen LogP contribution in [-0.4, -0.2) is 58.6 Å². The quantitative estimate of drug-likeness (QED) is 0.627. The highest BCUT2D eigenvalue weighted by atomic mass is 32.1. The monoisotopic (exact) mass is 425 g/mol. The number of amides is 1. The molecule has 3 aromatic rings. The van der Waals surface area contributed by atoms with Crippen molar-refractivity contribution in [2.24, 2.45) is 0 Å². The number of piperazine rings is 1. The minimum absolute atomic E-state index is 0.0477. The largest absolute Gasteiger partial charge is 0.350 e. The van der Waals surface area contributed by atoms with E-state index in [0.29, 0.717) is 24.8 Å². The first-order valence-corrected chi connectivity index (χ1v) is 11.1. The Hall–Kier alpha value is -2.55. The van der Waals surface area contributed by atoms with E-state index in [1.165, 1.54) is 10.4 Å². The van der Waals surface area contributed by atoms with Crippen LogP contribution in [-0.2, 0) is 11.3 Å². The standard InChI is InChI=1S/C22H27N5O2S/c1-16-5-7-18(8-6-16)21-24-22(29-25-21)17(2)27-11-9-26(10-12-27)15-20(28)23-14-19-4-3-13-30-19/h3-8,13,17H,9-12,14-15H2,1-2H3,(H,23,28). The second kappa shape index (κ2) is 9.51. The van der Waals surface area contributed by atoms with Gasteiger partial charge >= 0.3 is 0 Å². The van der Waals surface area contributed by atoms with Gasteiger partial charge in [0.1, 0.15) is 0 Å². The number of carbonyl (C=O) groups is 1. The number of nitrogens with one attached hydrogen (secondary N) is 1. The zero-order valence-electron chi connectivity index (χ0n) is 17.4. The van der Waals surface area contributed by atoms with Gasteiger partial charge in [-0.3, -0.25) is 14.6 Å². The fourth-order valence-corrected chi connectivity index (χ4v) is 4.19. The van der Waals surface area contributed by atoms with E-state index >= 15 is 0 Å². The molecule has 30 heavy (non-hydrogen) atoms. The smallest absolute Gasteiger partial charge is 0.244 e. The zero-order chi connectivity index (χ0) is 20.9. The number of aryl methyl sites for hydroxylation is 1. The van der Waals surface area contributed by atoms with Crippen LogP contribution < -0.4 is 5.32 Å². The van der Waals surface area contributed by atoms with E-state index in [2.05, 4.69) is 39.1 Å². The van der Waals surface area contributed by atoms with Crippen molar-refractivity contribution in [2.75, 3.05) is 32.7 Å². The summed E-state index contributed by atoms with van der Waals surface area (Å²) in [5.74, 6) is 1.33. The summed E-state index contributed by atoms with van der Waals surface area (Å²) >= 11 is 1.66. The lowest BCUT2D eigenvalue weighted by molar-refractivity contribution is -0.122. The Morgan fingerprint density at radius 1 is 1.20 bits per heavy atom. The van der Waals surface area contributed by atoms with Crippen molar-refractivity contribution in [3.05, 3.63) is 58.1 Å². The molecule has 0 radical (unpaired) electrons. The van der Waals surface area contributed by atoms with Crippen LogP contribution in [0.25, 0.3) is 11.4 Å². The third-order valence-corrected chi connectivity index (χ3v) is 6.35. The molecule has 1 N–H and O–H groups in total. The number of benzene rings is 1. The molecular weight excluding hydrogens is 398 g/mol. The molecule has 1 unspecified atom stereocenters. The molecule has 158 valence electrons. The first-order valence-electron chi connectivity index (χ1n) is 10.2. The predicted molar refractivity (Wildman–Crippen MR) is 117 cm³/mol. The van der Waals surface area contributed by atoms with Gasteiger partial charge < -0.3 is 9.84 Å². The Kier molecular flexibility index (Phi) is 6.56. The first-order chi connectivity index (χ1) is 14.6. The minimum atomic E-state index is 0.0477. The number of hydrogen-bond donors (Lipinski definition) is 1. The van der Waals surface area contributed by atoms with E-state index < -0.39 is 0 Å². The molecule has 7 nitrogen and oxygen atoms in total. The lowest BCUT2D eigenvalue weighted by Gasteiger charge is -2.36. The van der Waals surface area contributed by atoms with E-state index in [-0.39, 0.29) is 11.9 Å². The summed E-state index contributed by atoms with van der Waals surface area (Å²) in [6, 6.07) is 12.2. The van der Waals surface area contributed by atoms with Gasteiger partial charge in [-0.25, -0.2) is 0 Å². The summed E-state index contributed by atoms with van der Waals surface area (Å²) in [5.41, 5.74) is 2.16. The summed E-state index contributed by atoms with van der Waals surface area (Å²) in [4.78, 5) is 22.5. The maximum Gasteiger partial charge on any atom is 0.244 e. The van der Waals surface area contributed by atoms with Gasteiger partial charge in [0.05, 0.1) is 19.1 Å². The summed E-state index contributed by atoms with van der Waals surface area (Å²) in [6.45, 7) is 8.60. The van der Waals surface area contributed by atoms with Gasteiger partial charge in [0, 0.05) is 36.6 Å². The van der Waals surface area contributed by atoms with Gasteiger partial charge in [0.25, 0.3) is 0 Å². The number of thiophene rings is 1. The summed E-state index contributed by atoms with van der Waals surface area (Å²) in [5, 5.41) is 9.17. The molecule has 3 heterocycles. The van der Waals surface area contributed by atoms with Gasteiger partial charge in [-0.15, -0.1) is 11.3 Å². The van der Waals surface area contributed by atoms with Gasteiger partial charge in [0.15, 0.2) is 0 Å². The molecule has 1 atom stereocenters. The predicted octanol–water partition coefficient (Wildman–Crippen LogP) is 3.10. The Bertz CT molecular complexity index is 946. The molecule has 1 saturated heterocycles. The average Bonchev–Trinajstić information content (AvgIpc) is 3.45. The Labute approximate surface area is 180 Å². The molecule has 0 bridgehead atoms.